The van der Waals surface area contributed by atoms with Crippen LogP contribution >= 0.6 is 23.2 Å². The molecule has 0 spiro atoms. The van der Waals surface area contributed by atoms with Crippen molar-refractivity contribution in [2.75, 3.05) is 13.1 Å². The molecule has 0 aliphatic heterocycles. The van der Waals surface area contributed by atoms with Gasteiger partial charge in [0.15, 0.2) is 0 Å². The first-order valence-electron chi connectivity index (χ1n) is 5.12. The van der Waals surface area contributed by atoms with Gasteiger partial charge in [-0.05, 0) is 17.7 Å². The minimum Gasteiger partial charge on any atom is -0.480 e. The van der Waals surface area contributed by atoms with Gasteiger partial charge in [0.05, 0.1) is 6.54 Å². The van der Waals surface area contributed by atoms with Crippen LogP contribution in [0.15, 0.2) is 18.2 Å². The fraction of sp³-hybridized carbons (Fsp3) is 0.273. The first-order chi connectivity index (χ1) is 8.49. The van der Waals surface area contributed by atoms with E-state index in [0.717, 1.165) is 5.56 Å². The lowest BCUT2D eigenvalue weighted by atomic mass is 10.2. The zero-order valence-corrected chi connectivity index (χ0v) is 10.9. The first-order valence-corrected chi connectivity index (χ1v) is 5.88. The second-order valence-corrected chi connectivity index (χ2v) is 4.35. The smallest absolute Gasteiger partial charge is 0.322 e. The zero-order chi connectivity index (χ0) is 13.5. The van der Waals surface area contributed by atoms with Crippen LogP contribution in [0, 0.1) is 0 Å². The third kappa shape index (κ3) is 5.35. The summed E-state index contributed by atoms with van der Waals surface area (Å²) in [6, 6.07) is 5.08. The van der Waals surface area contributed by atoms with E-state index in [0.29, 0.717) is 16.6 Å². The molecule has 0 bridgehead atoms. The lowest BCUT2D eigenvalue weighted by molar-refractivity contribution is -0.137. The van der Waals surface area contributed by atoms with Crippen LogP contribution in [0.2, 0.25) is 10.0 Å². The van der Waals surface area contributed by atoms with Crippen LogP contribution < -0.4 is 10.6 Å². The fourth-order valence-electron chi connectivity index (χ4n) is 1.21. The van der Waals surface area contributed by atoms with E-state index >= 15 is 0 Å². The second kappa shape index (κ2) is 7.20. The van der Waals surface area contributed by atoms with Crippen molar-refractivity contribution in [1.29, 1.82) is 0 Å². The number of carboxylic acids is 1. The van der Waals surface area contributed by atoms with Crippen molar-refractivity contribution in [3.8, 4) is 0 Å². The average molecular weight is 291 g/mol. The number of rotatable bonds is 6. The van der Waals surface area contributed by atoms with Gasteiger partial charge in [-0.15, -0.1) is 0 Å². The number of halogens is 2. The summed E-state index contributed by atoms with van der Waals surface area (Å²) in [5.41, 5.74) is 0.812. The van der Waals surface area contributed by atoms with E-state index in [1.165, 1.54) is 0 Å². The third-order valence-corrected chi connectivity index (χ3v) is 2.64. The second-order valence-electron chi connectivity index (χ2n) is 3.51. The molecule has 18 heavy (non-hydrogen) atoms. The molecule has 0 aliphatic rings. The molecular weight excluding hydrogens is 279 g/mol. The number of benzene rings is 1. The van der Waals surface area contributed by atoms with Crippen LogP contribution in [-0.4, -0.2) is 30.1 Å². The van der Waals surface area contributed by atoms with Crippen molar-refractivity contribution in [2.24, 2.45) is 0 Å². The molecule has 1 aromatic rings. The van der Waals surface area contributed by atoms with Gasteiger partial charge in [-0.2, -0.15) is 0 Å². The quantitative estimate of drug-likeness (QED) is 0.738. The molecule has 0 fully saturated rings. The third-order valence-electron chi connectivity index (χ3n) is 2.05. The largest absolute Gasteiger partial charge is 0.480 e. The molecule has 3 N–H and O–H groups in total. The lowest BCUT2D eigenvalue weighted by Gasteiger charge is -2.07. The number of carbonyl (C=O) groups excluding carboxylic acids is 1. The standard InChI is InChI=1S/C11H12Cl2N2O3/c12-8-2-1-7(9(13)3-8)4-14-5-10(16)15-6-11(17)18/h1-3,14H,4-6H2,(H,15,16)(H,17,18). The number of aliphatic carboxylic acids is 1. The molecule has 0 atom stereocenters. The maximum absolute atomic E-state index is 11.2. The van der Waals surface area contributed by atoms with Crippen molar-refractivity contribution < 1.29 is 14.7 Å². The summed E-state index contributed by atoms with van der Waals surface area (Å²) in [7, 11) is 0. The summed E-state index contributed by atoms with van der Waals surface area (Å²) in [6.07, 6.45) is 0. The summed E-state index contributed by atoms with van der Waals surface area (Å²) in [5.74, 6) is -1.47. The van der Waals surface area contributed by atoms with E-state index < -0.39 is 5.97 Å². The van der Waals surface area contributed by atoms with Gasteiger partial charge in [-0.1, -0.05) is 29.3 Å². The SMILES string of the molecule is O=C(O)CNC(=O)CNCc1ccc(Cl)cc1Cl. The van der Waals surface area contributed by atoms with Gasteiger partial charge in [0.1, 0.15) is 6.54 Å². The first kappa shape index (κ1) is 14.8. The summed E-state index contributed by atoms with van der Waals surface area (Å²) in [6.45, 7) is 0.0327. The lowest BCUT2D eigenvalue weighted by Crippen LogP contribution is -2.36. The average Bonchev–Trinajstić information content (AvgIpc) is 2.29. The van der Waals surface area contributed by atoms with Crippen molar-refractivity contribution in [1.82, 2.24) is 10.6 Å². The Bertz CT molecular complexity index is 452. The van der Waals surface area contributed by atoms with Crippen molar-refractivity contribution in [3.05, 3.63) is 33.8 Å². The molecule has 1 aromatic carbocycles. The summed E-state index contributed by atoms with van der Waals surface area (Å²) < 4.78 is 0. The van der Waals surface area contributed by atoms with Crippen LogP contribution in [0.1, 0.15) is 5.56 Å². The molecule has 0 saturated heterocycles. The van der Waals surface area contributed by atoms with E-state index in [4.69, 9.17) is 28.3 Å². The van der Waals surface area contributed by atoms with Gasteiger partial charge in [-0.25, -0.2) is 0 Å². The predicted octanol–water partition coefficient (Wildman–Crippen LogP) is 1.28. The Balaban J connectivity index is 2.33. The minimum atomic E-state index is -1.08. The molecular formula is C11H12Cl2N2O3. The normalized spacial score (nSPS) is 10.1. The molecule has 0 unspecified atom stereocenters. The Morgan fingerprint density at radius 2 is 1.94 bits per heavy atom. The van der Waals surface area contributed by atoms with Gasteiger partial charge >= 0.3 is 5.97 Å². The van der Waals surface area contributed by atoms with Crippen LogP contribution in [0.4, 0.5) is 0 Å². The molecule has 0 radical (unpaired) electrons. The molecule has 0 heterocycles. The number of carboxylic acid groups (broad SMARTS) is 1. The molecule has 98 valence electrons. The highest BCUT2D eigenvalue weighted by Gasteiger charge is 2.05. The maximum atomic E-state index is 11.2. The van der Waals surface area contributed by atoms with Gasteiger partial charge in [0.25, 0.3) is 0 Å². The number of hydrogen-bond acceptors (Lipinski definition) is 3. The number of amides is 1. The van der Waals surface area contributed by atoms with Crippen LogP contribution in [-0.2, 0) is 16.1 Å². The van der Waals surface area contributed by atoms with E-state index in [2.05, 4.69) is 10.6 Å². The number of nitrogens with one attached hydrogen (secondary N) is 2. The topological polar surface area (TPSA) is 78.4 Å². The summed E-state index contributed by atoms with van der Waals surface area (Å²) in [4.78, 5) is 21.4. The van der Waals surface area contributed by atoms with E-state index in [1.807, 2.05) is 0 Å². The molecule has 0 saturated carbocycles. The predicted molar refractivity (Wildman–Crippen MR) is 68.8 cm³/mol. The van der Waals surface area contributed by atoms with E-state index in [-0.39, 0.29) is 19.0 Å². The maximum Gasteiger partial charge on any atom is 0.322 e. The van der Waals surface area contributed by atoms with Crippen molar-refractivity contribution >= 4 is 35.1 Å². The molecule has 7 heteroatoms. The Kier molecular flexibility index (Phi) is 5.91. The van der Waals surface area contributed by atoms with Crippen molar-refractivity contribution in [3.63, 3.8) is 0 Å². The summed E-state index contributed by atoms with van der Waals surface area (Å²) >= 11 is 11.7. The Morgan fingerprint density at radius 3 is 2.56 bits per heavy atom. The molecule has 0 aliphatic carbocycles. The van der Waals surface area contributed by atoms with Crippen LogP contribution in [0.3, 0.4) is 0 Å². The number of carbonyl (C=O) groups is 2. The van der Waals surface area contributed by atoms with Gasteiger partial charge in [0, 0.05) is 16.6 Å². The Morgan fingerprint density at radius 1 is 1.22 bits per heavy atom. The highest BCUT2D eigenvalue weighted by atomic mass is 35.5. The van der Waals surface area contributed by atoms with E-state index in [9.17, 15) is 9.59 Å². The highest BCUT2D eigenvalue weighted by molar-refractivity contribution is 6.35. The highest BCUT2D eigenvalue weighted by Crippen LogP contribution is 2.20. The van der Waals surface area contributed by atoms with Crippen LogP contribution in [0.5, 0.6) is 0 Å². The molecule has 5 nitrogen and oxygen atoms in total. The monoisotopic (exact) mass is 290 g/mol. The van der Waals surface area contributed by atoms with Crippen LogP contribution in [0.25, 0.3) is 0 Å². The molecule has 0 aromatic heterocycles. The van der Waals surface area contributed by atoms with Gasteiger partial charge in [0.2, 0.25) is 5.91 Å². The van der Waals surface area contributed by atoms with Gasteiger partial charge in [-0.3, -0.25) is 9.59 Å². The molecule has 1 amide bonds. The zero-order valence-electron chi connectivity index (χ0n) is 9.37. The Hall–Kier alpha value is -1.30. The molecule has 1 rings (SSSR count). The van der Waals surface area contributed by atoms with Crippen molar-refractivity contribution in [2.45, 2.75) is 6.54 Å². The Labute approximate surface area is 114 Å². The summed E-state index contributed by atoms with van der Waals surface area (Å²) in [5, 5.41) is 14.5. The fourth-order valence-corrected chi connectivity index (χ4v) is 1.69. The number of hydrogen-bond donors (Lipinski definition) is 3. The van der Waals surface area contributed by atoms with Gasteiger partial charge < -0.3 is 15.7 Å². The minimum absolute atomic E-state index is 0.0201. The van der Waals surface area contributed by atoms with E-state index in [1.54, 1.807) is 18.2 Å².